The standard InChI is InChI=1S/C33H24ClN5O2/c34-25-16-14-22(15-17-25)20-39-21-24(32(38-39)23-8-2-1-3-9-23)19-35-37-33(41)28-18-30(27-11-5-7-13-31(27)40)36-29-12-6-4-10-26(28)29/h1-19,21,40H,20H2,(H,37,41)/b35-19-. The summed E-state index contributed by atoms with van der Waals surface area (Å²) in [7, 11) is 0. The van der Waals surface area contributed by atoms with Gasteiger partial charge in [0.15, 0.2) is 0 Å². The third-order valence-electron chi connectivity index (χ3n) is 6.61. The second kappa shape index (κ2) is 11.5. The van der Waals surface area contributed by atoms with Crippen molar-refractivity contribution in [1.82, 2.24) is 20.2 Å². The van der Waals surface area contributed by atoms with E-state index in [4.69, 9.17) is 16.7 Å². The molecule has 4 aromatic carbocycles. The zero-order valence-electron chi connectivity index (χ0n) is 21.8. The van der Waals surface area contributed by atoms with Gasteiger partial charge in [-0.05, 0) is 42.0 Å². The Bertz CT molecular complexity index is 1880. The predicted octanol–water partition coefficient (Wildman–Crippen LogP) is 6.94. The number of pyridine rings is 1. The van der Waals surface area contributed by atoms with E-state index in [1.54, 1.807) is 30.5 Å². The van der Waals surface area contributed by atoms with Gasteiger partial charge in [0, 0.05) is 33.3 Å². The maximum Gasteiger partial charge on any atom is 0.272 e. The Morgan fingerprint density at radius 2 is 1.66 bits per heavy atom. The highest BCUT2D eigenvalue weighted by atomic mass is 35.5. The van der Waals surface area contributed by atoms with E-state index in [2.05, 4.69) is 15.5 Å². The van der Waals surface area contributed by atoms with Crippen LogP contribution in [0.15, 0.2) is 120 Å². The average Bonchev–Trinajstić information content (AvgIpc) is 3.40. The van der Waals surface area contributed by atoms with Gasteiger partial charge < -0.3 is 5.11 Å². The van der Waals surface area contributed by atoms with E-state index in [9.17, 15) is 9.90 Å². The fraction of sp³-hybridized carbons (Fsp3) is 0.0303. The topological polar surface area (TPSA) is 92.4 Å². The fourth-order valence-corrected chi connectivity index (χ4v) is 4.75. The molecule has 2 heterocycles. The van der Waals surface area contributed by atoms with Crippen LogP contribution >= 0.6 is 11.6 Å². The Hall–Kier alpha value is -5.27. The number of benzene rings is 4. The van der Waals surface area contributed by atoms with Crippen LogP contribution in [0.5, 0.6) is 5.75 Å². The van der Waals surface area contributed by atoms with Crippen LogP contribution in [0, 0.1) is 0 Å². The van der Waals surface area contributed by atoms with Crippen LogP contribution in [-0.2, 0) is 6.54 Å². The summed E-state index contributed by atoms with van der Waals surface area (Å²) < 4.78 is 1.84. The summed E-state index contributed by atoms with van der Waals surface area (Å²) in [5.41, 5.74) is 8.21. The molecule has 6 rings (SSSR count). The van der Waals surface area contributed by atoms with Crippen molar-refractivity contribution in [2.45, 2.75) is 6.54 Å². The molecular formula is C33H24ClN5O2. The maximum absolute atomic E-state index is 13.4. The van der Waals surface area contributed by atoms with Crippen LogP contribution in [0.4, 0.5) is 0 Å². The summed E-state index contributed by atoms with van der Waals surface area (Å²) in [6.45, 7) is 0.551. The van der Waals surface area contributed by atoms with E-state index in [1.165, 1.54) is 0 Å². The number of amides is 1. The Morgan fingerprint density at radius 1 is 0.927 bits per heavy atom. The third kappa shape index (κ3) is 5.71. The Kier molecular flexibility index (Phi) is 7.26. The summed E-state index contributed by atoms with van der Waals surface area (Å²) in [5, 5.41) is 20.8. The number of para-hydroxylation sites is 2. The molecule has 2 aromatic heterocycles. The molecule has 6 aromatic rings. The van der Waals surface area contributed by atoms with E-state index >= 15 is 0 Å². The minimum absolute atomic E-state index is 0.0868. The van der Waals surface area contributed by atoms with E-state index in [0.29, 0.717) is 39.3 Å². The van der Waals surface area contributed by atoms with Crippen LogP contribution in [0.2, 0.25) is 5.02 Å². The zero-order valence-corrected chi connectivity index (χ0v) is 22.5. The van der Waals surface area contributed by atoms with Gasteiger partial charge in [0.05, 0.1) is 29.5 Å². The number of nitrogens with zero attached hydrogens (tertiary/aromatic N) is 4. The highest BCUT2D eigenvalue weighted by molar-refractivity contribution is 6.30. The second-order valence-corrected chi connectivity index (χ2v) is 9.85. The molecule has 2 N–H and O–H groups in total. The number of halogens is 1. The van der Waals surface area contributed by atoms with Crippen molar-refractivity contribution in [2.24, 2.45) is 5.10 Å². The van der Waals surface area contributed by atoms with Crippen molar-refractivity contribution < 1.29 is 9.90 Å². The number of nitrogens with one attached hydrogen (secondary N) is 1. The van der Waals surface area contributed by atoms with Crippen LogP contribution in [0.1, 0.15) is 21.5 Å². The zero-order chi connectivity index (χ0) is 28.2. The molecule has 0 aliphatic carbocycles. The van der Waals surface area contributed by atoms with Crippen molar-refractivity contribution in [3.8, 4) is 28.3 Å². The van der Waals surface area contributed by atoms with Gasteiger partial charge in [0.25, 0.3) is 5.91 Å². The van der Waals surface area contributed by atoms with E-state index < -0.39 is 5.91 Å². The smallest absolute Gasteiger partial charge is 0.272 e. The first kappa shape index (κ1) is 26.0. The lowest BCUT2D eigenvalue weighted by atomic mass is 10.0. The molecule has 0 saturated heterocycles. The van der Waals surface area contributed by atoms with Crippen LogP contribution in [-0.4, -0.2) is 32.0 Å². The highest BCUT2D eigenvalue weighted by Crippen LogP contribution is 2.30. The average molecular weight is 558 g/mol. The van der Waals surface area contributed by atoms with E-state index in [0.717, 1.165) is 22.4 Å². The van der Waals surface area contributed by atoms with Gasteiger partial charge in [0.1, 0.15) is 11.4 Å². The van der Waals surface area contributed by atoms with Gasteiger partial charge in [0.2, 0.25) is 0 Å². The number of phenols is 1. The SMILES string of the molecule is O=C(N/N=C\c1cn(Cc2ccc(Cl)cc2)nc1-c1ccccc1)c1cc(-c2ccccc2O)nc2ccccc12. The predicted molar refractivity (Wildman–Crippen MR) is 162 cm³/mol. The minimum atomic E-state index is -0.397. The number of hydrogen-bond acceptors (Lipinski definition) is 5. The highest BCUT2D eigenvalue weighted by Gasteiger charge is 2.16. The molecule has 0 saturated carbocycles. The Balaban J connectivity index is 1.31. The number of carbonyl (C=O) groups is 1. The van der Waals surface area contributed by atoms with Crippen molar-refractivity contribution in [3.05, 3.63) is 137 Å². The van der Waals surface area contributed by atoms with Gasteiger partial charge in [-0.1, -0.05) is 84.4 Å². The number of fused-ring (bicyclic) bond motifs is 1. The van der Waals surface area contributed by atoms with Gasteiger partial charge in [-0.25, -0.2) is 10.4 Å². The Labute approximate surface area is 241 Å². The molecule has 7 nitrogen and oxygen atoms in total. The number of aromatic nitrogens is 3. The van der Waals surface area contributed by atoms with Crippen LogP contribution in [0.25, 0.3) is 33.4 Å². The van der Waals surface area contributed by atoms with E-state index in [-0.39, 0.29) is 5.75 Å². The largest absolute Gasteiger partial charge is 0.507 e. The van der Waals surface area contributed by atoms with Gasteiger partial charge >= 0.3 is 0 Å². The van der Waals surface area contributed by atoms with Gasteiger partial charge in [-0.15, -0.1) is 0 Å². The van der Waals surface area contributed by atoms with E-state index in [1.807, 2.05) is 95.8 Å². The summed E-state index contributed by atoms with van der Waals surface area (Å²) in [6.07, 6.45) is 3.49. The second-order valence-electron chi connectivity index (χ2n) is 9.41. The molecular weight excluding hydrogens is 534 g/mol. The first-order valence-electron chi connectivity index (χ1n) is 12.9. The lowest BCUT2D eigenvalue weighted by molar-refractivity contribution is 0.0956. The molecule has 0 atom stereocenters. The number of aromatic hydroxyl groups is 1. The number of rotatable bonds is 7. The summed E-state index contributed by atoms with van der Waals surface area (Å²) >= 11 is 6.04. The van der Waals surface area contributed by atoms with Crippen LogP contribution in [0.3, 0.4) is 0 Å². The molecule has 0 bridgehead atoms. The summed E-state index contributed by atoms with van der Waals surface area (Å²) in [4.78, 5) is 18.1. The first-order valence-corrected chi connectivity index (χ1v) is 13.3. The number of carbonyl (C=O) groups excluding carboxylic acids is 1. The quantitative estimate of drug-likeness (QED) is 0.164. The summed E-state index contributed by atoms with van der Waals surface area (Å²) in [5.74, 6) is -0.310. The Morgan fingerprint density at radius 3 is 2.46 bits per heavy atom. The molecule has 0 radical (unpaired) electrons. The third-order valence-corrected chi connectivity index (χ3v) is 6.86. The molecule has 8 heteroatoms. The monoisotopic (exact) mass is 557 g/mol. The maximum atomic E-state index is 13.4. The van der Waals surface area contributed by atoms with Crippen molar-refractivity contribution in [1.29, 1.82) is 0 Å². The first-order chi connectivity index (χ1) is 20.0. The van der Waals surface area contributed by atoms with Gasteiger partial charge in [-0.2, -0.15) is 10.2 Å². The van der Waals surface area contributed by atoms with Gasteiger partial charge in [-0.3, -0.25) is 9.48 Å². The lowest BCUT2D eigenvalue weighted by Gasteiger charge is -2.10. The van der Waals surface area contributed by atoms with Crippen molar-refractivity contribution >= 4 is 34.6 Å². The molecule has 0 aliphatic rings. The molecule has 0 unspecified atom stereocenters. The molecule has 200 valence electrons. The van der Waals surface area contributed by atoms with Crippen LogP contribution < -0.4 is 5.43 Å². The number of hydrazone groups is 1. The molecule has 1 amide bonds. The number of phenolic OH excluding ortho intramolecular Hbond substituents is 1. The fourth-order valence-electron chi connectivity index (χ4n) is 4.62. The molecule has 0 fully saturated rings. The lowest BCUT2D eigenvalue weighted by Crippen LogP contribution is -2.18. The van der Waals surface area contributed by atoms with Crippen molar-refractivity contribution in [2.75, 3.05) is 0 Å². The molecule has 0 aliphatic heterocycles. The molecule has 41 heavy (non-hydrogen) atoms. The van der Waals surface area contributed by atoms with Crippen molar-refractivity contribution in [3.63, 3.8) is 0 Å². The summed E-state index contributed by atoms with van der Waals surface area (Å²) in [6, 6.07) is 33.4. The number of hydrogen-bond donors (Lipinski definition) is 2. The normalized spacial score (nSPS) is 11.2. The minimum Gasteiger partial charge on any atom is -0.507 e. The molecule has 0 spiro atoms.